The van der Waals surface area contributed by atoms with E-state index in [0.29, 0.717) is 5.92 Å². The Bertz CT molecular complexity index is 124. The first-order valence-corrected chi connectivity index (χ1v) is 5.29. The van der Waals surface area contributed by atoms with Crippen LogP contribution in [-0.4, -0.2) is 37.5 Å². The minimum atomic E-state index is -0.178. The average molecular weight is 187 g/mol. The van der Waals surface area contributed by atoms with E-state index in [-0.39, 0.29) is 6.10 Å². The lowest BCUT2D eigenvalue weighted by molar-refractivity contribution is 0.0439. The van der Waals surface area contributed by atoms with E-state index in [1.54, 1.807) is 0 Å². The number of rotatable bonds is 5. The second-order valence-electron chi connectivity index (χ2n) is 3.75. The Morgan fingerprint density at radius 3 is 2.77 bits per heavy atom. The van der Waals surface area contributed by atoms with Crippen molar-refractivity contribution in [3.8, 4) is 0 Å². The van der Waals surface area contributed by atoms with Gasteiger partial charge in [0.2, 0.25) is 0 Å². The van der Waals surface area contributed by atoms with Crippen molar-refractivity contribution in [2.45, 2.75) is 32.3 Å². The maximum absolute atomic E-state index is 9.63. The van der Waals surface area contributed by atoms with Crippen LogP contribution in [0.1, 0.15) is 26.2 Å². The molecular weight excluding hydrogens is 166 g/mol. The summed E-state index contributed by atoms with van der Waals surface area (Å²) in [6.45, 7) is 5.47. The zero-order valence-electron chi connectivity index (χ0n) is 8.46. The van der Waals surface area contributed by atoms with Crippen LogP contribution in [0.4, 0.5) is 0 Å². The molecule has 1 saturated heterocycles. The highest BCUT2D eigenvalue weighted by Crippen LogP contribution is 2.19. The maximum atomic E-state index is 9.63. The molecule has 1 aliphatic heterocycles. The van der Waals surface area contributed by atoms with E-state index in [9.17, 15) is 5.11 Å². The summed E-state index contributed by atoms with van der Waals surface area (Å²) in [6.07, 6.45) is 2.98. The van der Waals surface area contributed by atoms with E-state index in [1.807, 2.05) is 0 Å². The molecular formula is C10H21NO2. The van der Waals surface area contributed by atoms with Crippen molar-refractivity contribution in [1.29, 1.82) is 0 Å². The zero-order valence-corrected chi connectivity index (χ0v) is 8.46. The fourth-order valence-electron chi connectivity index (χ4n) is 1.76. The summed E-state index contributed by atoms with van der Waals surface area (Å²) >= 11 is 0. The summed E-state index contributed by atoms with van der Waals surface area (Å²) in [5.74, 6) is 0.669. The first-order chi connectivity index (χ1) is 6.33. The van der Waals surface area contributed by atoms with E-state index in [4.69, 9.17) is 4.74 Å². The van der Waals surface area contributed by atoms with Gasteiger partial charge in [0.15, 0.2) is 0 Å². The number of aliphatic hydroxyl groups excluding tert-OH is 1. The van der Waals surface area contributed by atoms with Crippen molar-refractivity contribution in [1.82, 2.24) is 5.32 Å². The van der Waals surface area contributed by atoms with E-state index in [2.05, 4.69) is 12.2 Å². The highest BCUT2D eigenvalue weighted by atomic mass is 16.5. The predicted octanol–water partition coefficient (Wildman–Crippen LogP) is 0.773. The molecule has 2 N–H and O–H groups in total. The molecule has 1 fully saturated rings. The van der Waals surface area contributed by atoms with Gasteiger partial charge in [-0.15, -0.1) is 0 Å². The minimum absolute atomic E-state index is 0.178. The second kappa shape index (κ2) is 6.35. The van der Waals surface area contributed by atoms with Gasteiger partial charge in [0.05, 0.1) is 6.10 Å². The van der Waals surface area contributed by atoms with Crippen LogP contribution in [0.5, 0.6) is 0 Å². The number of ether oxygens (including phenoxy) is 1. The molecule has 1 unspecified atom stereocenters. The van der Waals surface area contributed by atoms with Gasteiger partial charge in [-0.25, -0.2) is 0 Å². The van der Waals surface area contributed by atoms with E-state index in [0.717, 1.165) is 45.6 Å². The lowest BCUT2D eigenvalue weighted by Gasteiger charge is -2.24. The molecule has 78 valence electrons. The van der Waals surface area contributed by atoms with Crippen molar-refractivity contribution >= 4 is 0 Å². The highest BCUT2D eigenvalue weighted by Gasteiger charge is 2.17. The van der Waals surface area contributed by atoms with Gasteiger partial charge in [0, 0.05) is 19.8 Å². The van der Waals surface area contributed by atoms with Crippen LogP contribution in [0.2, 0.25) is 0 Å². The van der Waals surface area contributed by atoms with Gasteiger partial charge < -0.3 is 15.2 Å². The van der Waals surface area contributed by atoms with E-state index >= 15 is 0 Å². The van der Waals surface area contributed by atoms with Gasteiger partial charge in [-0.2, -0.15) is 0 Å². The molecule has 0 bridgehead atoms. The Hall–Kier alpha value is -0.120. The molecule has 0 saturated carbocycles. The van der Waals surface area contributed by atoms with Crippen LogP contribution in [0, 0.1) is 5.92 Å². The largest absolute Gasteiger partial charge is 0.392 e. The Morgan fingerprint density at radius 1 is 1.46 bits per heavy atom. The first kappa shape index (κ1) is 11.0. The second-order valence-corrected chi connectivity index (χ2v) is 3.75. The zero-order chi connectivity index (χ0) is 9.52. The lowest BCUT2D eigenvalue weighted by atomic mass is 9.94. The van der Waals surface area contributed by atoms with E-state index in [1.165, 1.54) is 0 Å². The molecule has 0 aromatic heterocycles. The molecule has 0 radical (unpaired) electrons. The molecule has 0 aliphatic carbocycles. The van der Waals surface area contributed by atoms with Crippen molar-refractivity contribution in [2.24, 2.45) is 5.92 Å². The third-order valence-corrected chi connectivity index (χ3v) is 2.58. The number of likely N-dealkylation sites (N-methyl/N-ethyl adjacent to an activating group) is 1. The van der Waals surface area contributed by atoms with Gasteiger partial charge >= 0.3 is 0 Å². The summed E-state index contributed by atoms with van der Waals surface area (Å²) in [7, 11) is 0. The summed E-state index contributed by atoms with van der Waals surface area (Å²) < 4.78 is 5.27. The predicted molar refractivity (Wildman–Crippen MR) is 52.7 cm³/mol. The van der Waals surface area contributed by atoms with Crippen LogP contribution < -0.4 is 5.32 Å². The van der Waals surface area contributed by atoms with Gasteiger partial charge in [-0.1, -0.05) is 6.92 Å². The molecule has 3 nitrogen and oxygen atoms in total. The Labute approximate surface area is 80.5 Å². The van der Waals surface area contributed by atoms with Crippen LogP contribution in [0.25, 0.3) is 0 Å². The quantitative estimate of drug-likeness (QED) is 0.668. The average Bonchev–Trinajstić information content (AvgIpc) is 2.16. The fraction of sp³-hybridized carbons (Fsp3) is 1.00. The van der Waals surface area contributed by atoms with Gasteiger partial charge in [-0.3, -0.25) is 0 Å². The number of hydrogen-bond donors (Lipinski definition) is 2. The van der Waals surface area contributed by atoms with Gasteiger partial charge in [-0.05, 0) is 31.7 Å². The topological polar surface area (TPSA) is 41.5 Å². The fourth-order valence-corrected chi connectivity index (χ4v) is 1.76. The molecule has 1 aliphatic rings. The normalized spacial score (nSPS) is 21.7. The number of nitrogens with one attached hydrogen (secondary N) is 1. The molecule has 0 aromatic rings. The van der Waals surface area contributed by atoms with Gasteiger partial charge in [0.1, 0.15) is 0 Å². The first-order valence-electron chi connectivity index (χ1n) is 5.29. The molecule has 1 rings (SSSR count). The van der Waals surface area contributed by atoms with Crippen molar-refractivity contribution in [3.05, 3.63) is 0 Å². The standard InChI is InChI=1S/C10H21NO2/c1-2-11-8-10(12)7-9-3-5-13-6-4-9/h9-12H,2-8H2,1H3. The number of hydrogen-bond acceptors (Lipinski definition) is 3. The molecule has 3 heteroatoms. The van der Waals surface area contributed by atoms with E-state index < -0.39 is 0 Å². The molecule has 0 amide bonds. The van der Waals surface area contributed by atoms with Crippen molar-refractivity contribution < 1.29 is 9.84 Å². The molecule has 1 atom stereocenters. The third kappa shape index (κ3) is 4.60. The molecule has 13 heavy (non-hydrogen) atoms. The summed E-state index contributed by atoms with van der Waals surface area (Å²) in [6, 6.07) is 0. The lowest BCUT2D eigenvalue weighted by Crippen LogP contribution is -2.30. The minimum Gasteiger partial charge on any atom is -0.392 e. The monoisotopic (exact) mass is 187 g/mol. The SMILES string of the molecule is CCNCC(O)CC1CCOCC1. The smallest absolute Gasteiger partial charge is 0.0667 e. The summed E-state index contributed by atoms with van der Waals surface area (Å²) in [5, 5.41) is 12.8. The van der Waals surface area contributed by atoms with Gasteiger partial charge in [0.25, 0.3) is 0 Å². The maximum Gasteiger partial charge on any atom is 0.0667 e. The summed E-state index contributed by atoms with van der Waals surface area (Å²) in [5.41, 5.74) is 0. The Balaban J connectivity index is 2.07. The molecule has 1 heterocycles. The summed E-state index contributed by atoms with van der Waals surface area (Å²) in [4.78, 5) is 0. The molecule has 0 spiro atoms. The van der Waals surface area contributed by atoms with Crippen LogP contribution in [0.3, 0.4) is 0 Å². The van der Waals surface area contributed by atoms with Crippen LogP contribution >= 0.6 is 0 Å². The van der Waals surface area contributed by atoms with Crippen LogP contribution in [-0.2, 0) is 4.74 Å². The Morgan fingerprint density at radius 2 is 2.15 bits per heavy atom. The third-order valence-electron chi connectivity index (χ3n) is 2.58. The van der Waals surface area contributed by atoms with Crippen LogP contribution in [0.15, 0.2) is 0 Å². The Kier molecular flexibility index (Phi) is 5.35. The molecule has 0 aromatic carbocycles. The van der Waals surface area contributed by atoms with Crippen molar-refractivity contribution in [3.63, 3.8) is 0 Å². The highest BCUT2D eigenvalue weighted by molar-refractivity contribution is 4.69. The number of aliphatic hydroxyl groups is 1. The van der Waals surface area contributed by atoms with Crippen molar-refractivity contribution in [2.75, 3.05) is 26.3 Å².